The third-order valence-electron chi connectivity index (χ3n) is 3.99. The summed E-state index contributed by atoms with van der Waals surface area (Å²) in [5.74, 6) is -0.611. The number of hydrogen-bond acceptors (Lipinski definition) is 4. The Labute approximate surface area is 184 Å². The van der Waals surface area contributed by atoms with Gasteiger partial charge in [-0.3, -0.25) is 9.10 Å². The van der Waals surface area contributed by atoms with Gasteiger partial charge in [-0.2, -0.15) is 5.10 Å². The van der Waals surface area contributed by atoms with Crippen molar-refractivity contribution in [1.29, 1.82) is 0 Å². The average Bonchev–Trinajstić information content (AvgIpc) is 2.73. The first kappa shape index (κ1) is 21.8. The van der Waals surface area contributed by atoms with Gasteiger partial charge >= 0.3 is 0 Å². The molecule has 9 heteroatoms. The van der Waals surface area contributed by atoms with Crippen LogP contribution in [-0.4, -0.2) is 27.1 Å². The van der Waals surface area contributed by atoms with Gasteiger partial charge in [-0.15, -0.1) is 0 Å². The van der Waals surface area contributed by atoms with Gasteiger partial charge in [-0.05, 0) is 48.0 Å². The number of anilines is 1. The second-order valence-corrected chi connectivity index (χ2v) is 8.88. The van der Waals surface area contributed by atoms with Crippen molar-refractivity contribution in [1.82, 2.24) is 5.43 Å². The first-order valence-electron chi connectivity index (χ1n) is 8.77. The maximum atomic E-state index is 13.2. The van der Waals surface area contributed by atoms with Crippen LogP contribution in [0.3, 0.4) is 0 Å². The van der Waals surface area contributed by atoms with Crippen LogP contribution in [0.15, 0.2) is 88.9 Å². The second kappa shape index (κ2) is 9.75. The molecule has 0 spiro atoms. The number of hydrogen-bond donors (Lipinski definition) is 1. The molecule has 0 fully saturated rings. The van der Waals surface area contributed by atoms with Crippen LogP contribution in [0.1, 0.15) is 5.56 Å². The quantitative estimate of drug-likeness (QED) is 0.419. The minimum Gasteiger partial charge on any atom is -0.271 e. The van der Waals surface area contributed by atoms with Gasteiger partial charge < -0.3 is 0 Å². The number of hydrazone groups is 1. The van der Waals surface area contributed by atoms with Crippen LogP contribution in [0.4, 0.5) is 5.69 Å². The number of amides is 1. The van der Waals surface area contributed by atoms with Gasteiger partial charge in [0.25, 0.3) is 15.9 Å². The number of carbonyl (C=O) groups excluding carboxylic acids is 1. The van der Waals surface area contributed by atoms with Gasteiger partial charge in [-0.1, -0.05) is 59.6 Å². The van der Waals surface area contributed by atoms with Crippen molar-refractivity contribution in [3.8, 4) is 0 Å². The summed E-state index contributed by atoms with van der Waals surface area (Å²) < 4.78 is 27.4. The summed E-state index contributed by atoms with van der Waals surface area (Å²) in [5, 5.41) is 4.62. The summed E-state index contributed by atoms with van der Waals surface area (Å²) in [6.45, 7) is -0.489. The van der Waals surface area contributed by atoms with E-state index in [0.717, 1.165) is 9.87 Å². The Morgan fingerprint density at radius 1 is 0.933 bits per heavy atom. The highest BCUT2D eigenvalue weighted by molar-refractivity contribution is 7.92. The molecule has 3 aromatic carbocycles. The average molecular weight is 462 g/mol. The van der Waals surface area contributed by atoms with E-state index < -0.39 is 22.5 Å². The van der Waals surface area contributed by atoms with E-state index >= 15 is 0 Å². The van der Waals surface area contributed by atoms with Crippen molar-refractivity contribution in [3.05, 3.63) is 94.5 Å². The number of halogens is 2. The Balaban J connectivity index is 1.85. The molecular weight excluding hydrogens is 445 g/mol. The highest BCUT2D eigenvalue weighted by Gasteiger charge is 2.27. The third-order valence-corrected chi connectivity index (χ3v) is 6.26. The van der Waals surface area contributed by atoms with E-state index in [2.05, 4.69) is 10.5 Å². The summed E-state index contributed by atoms with van der Waals surface area (Å²) in [6, 6.07) is 21.1. The minimum atomic E-state index is -4.06. The summed E-state index contributed by atoms with van der Waals surface area (Å²) in [6.07, 6.45) is 1.47. The summed E-state index contributed by atoms with van der Waals surface area (Å²) >= 11 is 11.9. The Kier molecular flexibility index (Phi) is 7.10. The smallest absolute Gasteiger partial charge is 0.264 e. The molecule has 1 N–H and O–H groups in total. The van der Waals surface area contributed by atoms with E-state index in [1.54, 1.807) is 18.2 Å². The van der Waals surface area contributed by atoms with Crippen LogP contribution >= 0.6 is 23.2 Å². The molecule has 0 radical (unpaired) electrons. The zero-order valence-electron chi connectivity index (χ0n) is 15.6. The normalized spacial score (nSPS) is 11.4. The summed E-state index contributed by atoms with van der Waals surface area (Å²) in [5.41, 5.74) is 3.39. The highest BCUT2D eigenvalue weighted by atomic mass is 35.5. The zero-order chi connectivity index (χ0) is 21.6. The number of sulfonamides is 1. The Bertz CT molecular complexity index is 1150. The molecule has 0 aliphatic heterocycles. The van der Waals surface area contributed by atoms with Crippen molar-refractivity contribution in [2.24, 2.45) is 5.10 Å². The molecule has 0 aromatic heterocycles. The SMILES string of the molecule is O=C(CN(c1cccc(Cl)c1)S(=O)(=O)c1ccc(Cl)cc1)N/N=C\c1ccccc1. The maximum absolute atomic E-state index is 13.2. The fraction of sp³-hybridized carbons (Fsp3) is 0.0476. The predicted molar refractivity (Wildman–Crippen MR) is 120 cm³/mol. The Morgan fingerprint density at radius 3 is 2.30 bits per heavy atom. The molecule has 0 aliphatic carbocycles. The van der Waals surface area contributed by atoms with Gasteiger partial charge in [0.2, 0.25) is 0 Å². The van der Waals surface area contributed by atoms with Crippen LogP contribution in [-0.2, 0) is 14.8 Å². The molecule has 3 rings (SSSR count). The highest BCUT2D eigenvalue weighted by Crippen LogP contribution is 2.26. The van der Waals surface area contributed by atoms with Crippen LogP contribution in [0, 0.1) is 0 Å². The fourth-order valence-corrected chi connectivity index (χ4v) is 4.29. The molecule has 0 saturated carbocycles. The van der Waals surface area contributed by atoms with Crippen LogP contribution < -0.4 is 9.73 Å². The molecule has 0 unspecified atom stereocenters. The summed E-state index contributed by atoms with van der Waals surface area (Å²) in [7, 11) is -4.06. The van der Waals surface area contributed by atoms with E-state index in [9.17, 15) is 13.2 Å². The topological polar surface area (TPSA) is 78.8 Å². The van der Waals surface area contributed by atoms with E-state index in [4.69, 9.17) is 23.2 Å². The molecule has 0 aliphatic rings. The van der Waals surface area contributed by atoms with E-state index in [1.807, 2.05) is 30.3 Å². The van der Waals surface area contributed by atoms with E-state index in [0.29, 0.717) is 10.0 Å². The molecule has 30 heavy (non-hydrogen) atoms. The molecule has 6 nitrogen and oxygen atoms in total. The monoisotopic (exact) mass is 461 g/mol. The van der Waals surface area contributed by atoms with Crippen LogP contribution in [0.25, 0.3) is 0 Å². The van der Waals surface area contributed by atoms with E-state index in [1.165, 1.54) is 36.5 Å². The van der Waals surface area contributed by atoms with Gasteiger partial charge in [0.05, 0.1) is 16.8 Å². The van der Waals surface area contributed by atoms with Crippen molar-refractivity contribution < 1.29 is 13.2 Å². The molecule has 0 atom stereocenters. The first-order valence-corrected chi connectivity index (χ1v) is 11.0. The number of nitrogens with one attached hydrogen (secondary N) is 1. The number of carbonyl (C=O) groups is 1. The van der Waals surface area contributed by atoms with Gasteiger partial charge in [0.1, 0.15) is 6.54 Å². The summed E-state index contributed by atoms with van der Waals surface area (Å²) in [4.78, 5) is 12.4. The molecule has 154 valence electrons. The lowest BCUT2D eigenvalue weighted by Gasteiger charge is -2.23. The Morgan fingerprint density at radius 2 is 1.63 bits per heavy atom. The number of benzene rings is 3. The second-order valence-electron chi connectivity index (χ2n) is 6.15. The molecule has 0 heterocycles. The first-order chi connectivity index (χ1) is 14.4. The largest absolute Gasteiger partial charge is 0.271 e. The lowest BCUT2D eigenvalue weighted by atomic mass is 10.2. The fourth-order valence-electron chi connectivity index (χ4n) is 2.56. The lowest BCUT2D eigenvalue weighted by Crippen LogP contribution is -2.39. The number of rotatable bonds is 7. The zero-order valence-corrected chi connectivity index (χ0v) is 17.9. The maximum Gasteiger partial charge on any atom is 0.264 e. The predicted octanol–water partition coefficient (Wildman–Crippen LogP) is 4.34. The van der Waals surface area contributed by atoms with Crippen molar-refractivity contribution in [2.75, 3.05) is 10.8 Å². The van der Waals surface area contributed by atoms with Crippen molar-refractivity contribution >= 4 is 51.0 Å². The van der Waals surface area contributed by atoms with Gasteiger partial charge in [-0.25, -0.2) is 13.8 Å². The van der Waals surface area contributed by atoms with E-state index in [-0.39, 0.29) is 10.6 Å². The van der Waals surface area contributed by atoms with Gasteiger partial charge in [0, 0.05) is 10.0 Å². The lowest BCUT2D eigenvalue weighted by molar-refractivity contribution is -0.119. The number of nitrogens with zero attached hydrogens (tertiary/aromatic N) is 2. The molecule has 0 saturated heterocycles. The standard InChI is InChI=1S/C21H17Cl2N3O3S/c22-17-9-11-20(12-10-17)30(28,29)26(19-8-4-7-18(23)13-19)15-21(27)25-24-14-16-5-2-1-3-6-16/h1-14H,15H2,(H,25,27)/b24-14-. The molecule has 3 aromatic rings. The van der Waals surface area contributed by atoms with Crippen molar-refractivity contribution in [3.63, 3.8) is 0 Å². The van der Waals surface area contributed by atoms with Crippen LogP contribution in [0.2, 0.25) is 10.0 Å². The Hall–Kier alpha value is -2.87. The molecular formula is C21H17Cl2N3O3S. The molecule has 1 amide bonds. The third kappa shape index (κ3) is 5.60. The molecule has 0 bridgehead atoms. The van der Waals surface area contributed by atoms with Crippen molar-refractivity contribution in [2.45, 2.75) is 4.90 Å². The van der Waals surface area contributed by atoms with Crippen LogP contribution in [0.5, 0.6) is 0 Å². The minimum absolute atomic E-state index is 0.00698. The van der Waals surface area contributed by atoms with Gasteiger partial charge in [0.15, 0.2) is 0 Å².